The van der Waals surface area contributed by atoms with E-state index in [0.717, 1.165) is 0 Å². The molecule has 2 rings (SSSR count). The Kier molecular flexibility index (Phi) is 6.81. The van der Waals surface area contributed by atoms with Crippen molar-refractivity contribution in [3.63, 3.8) is 0 Å². The predicted octanol–water partition coefficient (Wildman–Crippen LogP) is 1.43. The largest absolute Gasteiger partial charge is 0.508 e. The molecule has 0 spiro atoms. The molecule has 0 saturated carbocycles. The highest BCUT2D eigenvalue weighted by Crippen LogP contribution is 2.15. The van der Waals surface area contributed by atoms with E-state index >= 15 is 0 Å². The molecule has 8 nitrogen and oxygen atoms in total. The van der Waals surface area contributed by atoms with Crippen LogP contribution in [0.2, 0.25) is 5.02 Å². The molecule has 0 aliphatic carbocycles. The van der Waals surface area contributed by atoms with Gasteiger partial charge in [-0.3, -0.25) is 20.4 Å². The molecule has 0 bridgehead atoms. The van der Waals surface area contributed by atoms with Crippen molar-refractivity contribution in [2.45, 2.75) is 0 Å². The van der Waals surface area contributed by atoms with Crippen LogP contribution in [0.3, 0.4) is 0 Å². The molecule has 2 aromatic rings. The summed E-state index contributed by atoms with van der Waals surface area (Å²) in [6.07, 6.45) is 0. The lowest BCUT2D eigenvalue weighted by molar-refractivity contribution is -0.131. The van der Waals surface area contributed by atoms with Crippen LogP contribution in [0.5, 0.6) is 11.5 Å². The average molecular weight is 379 g/mol. The Morgan fingerprint density at radius 2 is 1.62 bits per heavy atom. The molecule has 9 heteroatoms. The fraction of sp³-hybridized carbons (Fsp3) is 0.118. The Balaban J connectivity index is 1.67. The number of hydrogen-bond donors (Lipinski definition) is 3. The van der Waals surface area contributed by atoms with Gasteiger partial charge in [-0.15, -0.1) is 0 Å². The first-order chi connectivity index (χ1) is 12.4. The van der Waals surface area contributed by atoms with E-state index in [4.69, 9.17) is 21.1 Å². The third kappa shape index (κ3) is 6.33. The van der Waals surface area contributed by atoms with Gasteiger partial charge in [0.2, 0.25) is 0 Å². The van der Waals surface area contributed by atoms with Crippen molar-refractivity contribution in [1.29, 1.82) is 0 Å². The maximum atomic E-state index is 11.7. The topological polar surface area (TPSA) is 114 Å². The molecule has 26 heavy (non-hydrogen) atoms. The second kappa shape index (κ2) is 9.28. The van der Waals surface area contributed by atoms with Crippen LogP contribution in [-0.2, 0) is 14.3 Å². The van der Waals surface area contributed by atoms with Gasteiger partial charge in [-0.2, -0.15) is 0 Å². The van der Waals surface area contributed by atoms with Crippen LogP contribution in [0.1, 0.15) is 10.4 Å². The fourth-order valence-electron chi connectivity index (χ4n) is 1.74. The third-order valence-electron chi connectivity index (χ3n) is 2.94. The predicted molar refractivity (Wildman–Crippen MR) is 91.6 cm³/mol. The molecule has 3 N–H and O–H groups in total. The zero-order valence-corrected chi connectivity index (χ0v) is 14.2. The molecule has 0 radical (unpaired) electrons. The summed E-state index contributed by atoms with van der Waals surface area (Å²) in [6, 6.07) is 11.9. The highest BCUT2D eigenvalue weighted by atomic mass is 35.5. The Hall–Kier alpha value is -3.26. The van der Waals surface area contributed by atoms with Crippen LogP contribution in [0.4, 0.5) is 0 Å². The minimum atomic E-state index is -0.784. The number of halogens is 1. The summed E-state index contributed by atoms with van der Waals surface area (Å²) in [5.41, 5.74) is 4.29. The monoisotopic (exact) mass is 378 g/mol. The molecular formula is C17H15ClN2O6. The average Bonchev–Trinajstić information content (AvgIpc) is 2.64. The van der Waals surface area contributed by atoms with Gasteiger partial charge in [-0.05, 0) is 42.5 Å². The van der Waals surface area contributed by atoms with Crippen LogP contribution in [0.15, 0.2) is 48.5 Å². The lowest BCUT2D eigenvalue weighted by atomic mass is 10.2. The van der Waals surface area contributed by atoms with Crippen molar-refractivity contribution in [1.82, 2.24) is 10.9 Å². The third-order valence-corrected chi connectivity index (χ3v) is 3.19. The quantitative estimate of drug-likeness (QED) is 0.517. The van der Waals surface area contributed by atoms with Crippen molar-refractivity contribution in [3.8, 4) is 11.5 Å². The van der Waals surface area contributed by atoms with Crippen LogP contribution in [-0.4, -0.2) is 36.1 Å². The van der Waals surface area contributed by atoms with E-state index in [9.17, 15) is 19.5 Å². The fourth-order valence-corrected chi connectivity index (χ4v) is 1.86. The molecule has 2 aromatic carbocycles. The first-order valence-electron chi connectivity index (χ1n) is 7.36. The number of phenolic OH excluding ortho intramolecular Hbond substituents is 1. The molecule has 0 heterocycles. The first kappa shape index (κ1) is 19.1. The summed E-state index contributed by atoms with van der Waals surface area (Å²) in [5.74, 6) is -1.79. The van der Waals surface area contributed by atoms with Crippen LogP contribution in [0, 0.1) is 0 Å². The second-order valence-corrected chi connectivity index (χ2v) is 5.40. The van der Waals surface area contributed by atoms with Gasteiger partial charge in [0, 0.05) is 5.02 Å². The normalized spacial score (nSPS) is 9.88. The maximum absolute atomic E-state index is 11.7. The number of benzene rings is 2. The molecule has 136 valence electrons. The minimum absolute atomic E-state index is 0.0956. The number of aromatic hydroxyl groups is 1. The number of hydrazine groups is 1. The van der Waals surface area contributed by atoms with Crippen LogP contribution >= 0.6 is 11.6 Å². The van der Waals surface area contributed by atoms with Crippen molar-refractivity contribution in [3.05, 3.63) is 59.1 Å². The van der Waals surface area contributed by atoms with Gasteiger partial charge in [0.1, 0.15) is 11.5 Å². The summed E-state index contributed by atoms with van der Waals surface area (Å²) in [4.78, 5) is 34.8. The summed E-state index contributed by atoms with van der Waals surface area (Å²) in [5, 5.41) is 9.81. The molecule has 0 unspecified atom stereocenters. The van der Waals surface area contributed by atoms with E-state index in [1.54, 1.807) is 24.3 Å². The highest BCUT2D eigenvalue weighted by Gasteiger charge is 2.11. The van der Waals surface area contributed by atoms with E-state index in [0.29, 0.717) is 10.8 Å². The second-order valence-electron chi connectivity index (χ2n) is 4.97. The molecule has 0 saturated heterocycles. The van der Waals surface area contributed by atoms with Gasteiger partial charge < -0.3 is 14.6 Å². The van der Waals surface area contributed by atoms with Gasteiger partial charge in [-0.1, -0.05) is 17.7 Å². The van der Waals surface area contributed by atoms with E-state index in [1.807, 2.05) is 0 Å². The van der Waals surface area contributed by atoms with E-state index in [1.165, 1.54) is 24.3 Å². The maximum Gasteiger partial charge on any atom is 0.338 e. The number of ether oxygens (including phenoxy) is 2. The summed E-state index contributed by atoms with van der Waals surface area (Å²) in [7, 11) is 0. The lowest BCUT2D eigenvalue weighted by Gasteiger charge is -2.09. The smallest absolute Gasteiger partial charge is 0.338 e. The lowest BCUT2D eigenvalue weighted by Crippen LogP contribution is -2.45. The van der Waals surface area contributed by atoms with Crippen LogP contribution < -0.4 is 15.6 Å². The Morgan fingerprint density at radius 1 is 0.962 bits per heavy atom. The summed E-state index contributed by atoms with van der Waals surface area (Å²) < 4.78 is 9.95. The number of hydrogen-bond acceptors (Lipinski definition) is 6. The van der Waals surface area contributed by atoms with E-state index < -0.39 is 24.4 Å². The Bertz CT molecular complexity index is 794. The standard InChI is InChI=1S/C17H15ClN2O6/c18-12-4-6-14(7-5-12)25-9-15(22)19-20-16(23)10-26-17(24)11-2-1-3-13(21)8-11/h1-8,21H,9-10H2,(H,19,22)(H,20,23). The van der Waals surface area contributed by atoms with Gasteiger partial charge in [0.05, 0.1) is 5.56 Å². The molecule has 2 amide bonds. The van der Waals surface area contributed by atoms with Crippen LogP contribution in [0.25, 0.3) is 0 Å². The van der Waals surface area contributed by atoms with Crippen molar-refractivity contribution in [2.24, 2.45) is 0 Å². The number of amides is 2. The number of nitrogens with one attached hydrogen (secondary N) is 2. The number of carbonyl (C=O) groups is 3. The zero-order valence-electron chi connectivity index (χ0n) is 13.4. The molecule has 0 aromatic heterocycles. The zero-order chi connectivity index (χ0) is 18.9. The number of esters is 1. The summed E-state index contributed by atoms with van der Waals surface area (Å²) >= 11 is 5.73. The molecule has 0 atom stereocenters. The Labute approximate surface area is 153 Å². The van der Waals surface area contributed by atoms with Crippen molar-refractivity contribution < 1.29 is 29.0 Å². The van der Waals surface area contributed by atoms with Crippen molar-refractivity contribution >= 4 is 29.4 Å². The Morgan fingerprint density at radius 3 is 2.27 bits per heavy atom. The summed E-state index contributed by atoms with van der Waals surface area (Å²) in [6.45, 7) is -0.933. The number of carbonyl (C=O) groups excluding carboxylic acids is 3. The molecule has 0 fully saturated rings. The molecule has 0 aliphatic heterocycles. The van der Waals surface area contributed by atoms with Gasteiger partial charge >= 0.3 is 5.97 Å². The number of rotatable bonds is 6. The molecule has 0 aliphatic rings. The highest BCUT2D eigenvalue weighted by molar-refractivity contribution is 6.30. The van der Waals surface area contributed by atoms with E-state index in [2.05, 4.69) is 10.9 Å². The SMILES string of the molecule is O=C(COC(=O)c1cccc(O)c1)NNC(=O)COc1ccc(Cl)cc1. The van der Waals surface area contributed by atoms with Gasteiger partial charge in [0.25, 0.3) is 11.8 Å². The van der Waals surface area contributed by atoms with E-state index in [-0.39, 0.29) is 17.9 Å². The minimum Gasteiger partial charge on any atom is -0.508 e. The number of phenols is 1. The van der Waals surface area contributed by atoms with Crippen molar-refractivity contribution in [2.75, 3.05) is 13.2 Å². The first-order valence-corrected chi connectivity index (χ1v) is 7.74. The van der Waals surface area contributed by atoms with Gasteiger partial charge in [0.15, 0.2) is 13.2 Å². The molecular weight excluding hydrogens is 364 g/mol. The van der Waals surface area contributed by atoms with Gasteiger partial charge in [-0.25, -0.2) is 4.79 Å².